The van der Waals surface area contributed by atoms with E-state index in [4.69, 9.17) is 30.9 Å². The van der Waals surface area contributed by atoms with Crippen LogP contribution < -0.4 is 16.4 Å². The van der Waals surface area contributed by atoms with Gasteiger partial charge in [0.2, 0.25) is 0 Å². The van der Waals surface area contributed by atoms with E-state index in [1.807, 2.05) is 30.3 Å². The molecule has 1 aliphatic heterocycles. The highest BCUT2D eigenvalue weighted by atomic mass is 16.6. The van der Waals surface area contributed by atoms with Crippen molar-refractivity contribution in [2.24, 2.45) is 5.73 Å². The van der Waals surface area contributed by atoms with E-state index in [9.17, 15) is 19.2 Å². The van der Waals surface area contributed by atoms with Crippen LogP contribution in [0.3, 0.4) is 0 Å². The molecule has 1 amide bonds. The van der Waals surface area contributed by atoms with Gasteiger partial charge in [-0.25, -0.2) is 9.59 Å². The Bertz CT molecular complexity index is 1080. The fourth-order valence-corrected chi connectivity index (χ4v) is 3.37. The zero-order valence-corrected chi connectivity index (χ0v) is 22.9. The number of phenolic OH excluding ortho intramolecular Hbond substituents is 1. The molecule has 2 aromatic rings. The van der Waals surface area contributed by atoms with Crippen LogP contribution in [-0.2, 0) is 32.0 Å². The summed E-state index contributed by atoms with van der Waals surface area (Å²) in [4.78, 5) is 43.3. The first kappa shape index (κ1) is 33.9. The number of carbonyl (C=O) groups is 4. The summed E-state index contributed by atoms with van der Waals surface area (Å²) in [6.07, 6.45) is 1.50. The van der Waals surface area contributed by atoms with Crippen LogP contribution in [0, 0.1) is 0 Å². The van der Waals surface area contributed by atoms with Crippen LogP contribution in [0.15, 0.2) is 54.6 Å². The smallest absolute Gasteiger partial charge is 0.408 e. The molecule has 0 bridgehead atoms. The Labute approximate surface area is 233 Å². The second-order valence-electron chi connectivity index (χ2n) is 10.0. The summed E-state index contributed by atoms with van der Waals surface area (Å²) < 4.78 is 5.02. The average Bonchev–Trinajstić information content (AvgIpc) is 3.41. The molecule has 12 nitrogen and oxygen atoms in total. The molecule has 8 N–H and O–H groups in total. The third-order valence-electron chi connectivity index (χ3n) is 5.34. The van der Waals surface area contributed by atoms with Crippen LogP contribution in [0.1, 0.15) is 44.7 Å². The largest absolute Gasteiger partial charge is 0.508 e. The quantitative estimate of drug-likeness (QED) is 0.249. The number of hydrogen-bond acceptors (Lipinski definition) is 8. The predicted octanol–water partition coefficient (Wildman–Crippen LogP) is 2.38. The summed E-state index contributed by atoms with van der Waals surface area (Å²) in [5.41, 5.74) is 6.30. The summed E-state index contributed by atoms with van der Waals surface area (Å²) >= 11 is 0. The van der Waals surface area contributed by atoms with Gasteiger partial charge in [-0.1, -0.05) is 42.5 Å². The molecule has 12 heteroatoms. The number of alkyl carbamates (subject to hydrolysis) is 1. The minimum absolute atomic E-state index is 0.0979. The minimum atomic E-state index is -1.15. The van der Waals surface area contributed by atoms with Crippen molar-refractivity contribution in [3.8, 4) is 5.75 Å². The van der Waals surface area contributed by atoms with Gasteiger partial charge in [0, 0.05) is 6.42 Å². The molecule has 0 saturated carbocycles. The molecule has 1 fully saturated rings. The molecule has 0 aliphatic carbocycles. The van der Waals surface area contributed by atoms with Gasteiger partial charge in [-0.15, -0.1) is 0 Å². The minimum Gasteiger partial charge on any atom is -0.508 e. The molecule has 0 aromatic heterocycles. The van der Waals surface area contributed by atoms with E-state index in [0.29, 0.717) is 12.0 Å². The highest BCUT2D eigenvalue weighted by Crippen LogP contribution is 2.12. The lowest BCUT2D eigenvalue weighted by molar-refractivity contribution is -0.140. The molecule has 1 aliphatic rings. The maximum absolute atomic E-state index is 11.6. The Morgan fingerprint density at radius 3 is 1.95 bits per heavy atom. The van der Waals surface area contributed by atoms with Crippen LogP contribution in [0.5, 0.6) is 5.75 Å². The Morgan fingerprint density at radius 2 is 1.52 bits per heavy atom. The first-order chi connectivity index (χ1) is 18.7. The van der Waals surface area contributed by atoms with Gasteiger partial charge in [0.25, 0.3) is 0 Å². The Morgan fingerprint density at radius 1 is 0.950 bits per heavy atom. The number of carboxylic acids is 3. The number of hydrogen-bond donors (Lipinski definition) is 7. The first-order valence-corrected chi connectivity index (χ1v) is 12.7. The molecule has 40 heavy (non-hydrogen) atoms. The van der Waals surface area contributed by atoms with E-state index in [1.165, 1.54) is 12.1 Å². The number of nitrogens with two attached hydrogens (primary N) is 1. The van der Waals surface area contributed by atoms with Crippen LogP contribution in [-0.4, -0.2) is 74.7 Å². The lowest BCUT2D eigenvalue weighted by Crippen LogP contribution is -2.44. The fraction of sp³-hybridized carbons (Fsp3) is 0.429. The lowest BCUT2D eigenvalue weighted by atomic mass is 10.1. The molecular weight excluding hydrogens is 522 g/mol. The van der Waals surface area contributed by atoms with E-state index >= 15 is 0 Å². The lowest BCUT2D eigenvalue weighted by Gasteiger charge is -2.22. The van der Waals surface area contributed by atoms with Crippen molar-refractivity contribution in [3.63, 3.8) is 0 Å². The summed E-state index contributed by atoms with van der Waals surface area (Å²) in [5, 5.41) is 40.3. The third-order valence-corrected chi connectivity index (χ3v) is 5.34. The fourth-order valence-electron chi connectivity index (χ4n) is 3.37. The van der Waals surface area contributed by atoms with Gasteiger partial charge in [-0.3, -0.25) is 9.59 Å². The van der Waals surface area contributed by atoms with Gasteiger partial charge in [0.05, 0.1) is 0 Å². The predicted molar refractivity (Wildman–Crippen MR) is 147 cm³/mol. The Kier molecular flexibility index (Phi) is 14.2. The van der Waals surface area contributed by atoms with Crippen LogP contribution in [0.4, 0.5) is 4.79 Å². The van der Waals surface area contributed by atoms with Gasteiger partial charge in [-0.05, 0) is 69.8 Å². The van der Waals surface area contributed by atoms with E-state index in [2.05, 4.69) is 10.6 Å². The molecular formula is C28H39N3O9. The van der Waals surface area contributed by atoms with Gasteiger partial charge in [0.15, 0.2) is 0 Å². The van der Waals surface area contributed by atoms with Crippen molar-refractivity contribution < 1.29 is 44.3 Å². The second-order valence-corrected chi connectivity index (χ2v) is 10.0. The highest BCUT2D eigenvalue weighted by molar-refractivity contribution is 5.80. The molecule has 0 spiro atoms. The Balaban J connectivity index is 0.000000336. The number of aliphatic carboxylic acids is 3. The first-order valence-electron chi connectivity index (χ1n) is 12.7. The number of carboxylic acid groups (broad SMARTS) is 3. The number of nitrogens with one attached hydrogen (secondary N) is 2. The number of rotatable bonds is 8. The van der Waals surface area contributed by atoms with Crippen molar-refractivity contribution in [2.45, 2.75) is 70.2 Å². The molecule has 2 unspecified atom stereocenters. The number of phenols is 1. The van der Waals surface area contributed by atoms with Crippen molar-refractivity contribution >= 4 is 24.0 Å². The van der Waals surface area contributed by atoms with E-state index in [-0.39, 0.29) is 18.2 Å². The maximum Gasteiger partial charge on any atom is 0.408 e. The SMILES string of the molecule is CC(C)(C)OC(=O)NC(Cc1ccc(O)cc1)C(=O)O.NC(Cc1ccccc1)C(=O)O.O=C(O)[C@H]1CCCN1. The van der Waals surface area contributed by atoms with E-state index < -0.39 is 41.7 Å². The standard InChI is InChI=1S/C14H19NO5.C9H11NO2.C5H9NO2/c1-14(2,3)20-13(19)15-11(12(17)18)8-9-4-6-10(16)7-5-9;10-8(9(11)12)6-7-4-2-1-3-5-7;7-5(8)4-2-1-3-6-4/h4-7,11,16H,8H2,1-3H3,(H,15,19)(H,17,18);1-5,8H,6,10H2,(H,11,12);4,6H,1-3H2,(H,7,8)/t;;4-/m..1/s1. The molecule has 1 heterocycles. The van der Waals surface area contributed by atoms with E-state index in [0.717, 1.165) is 24.9 Å². The Hall–Kier alpha value is -4.16. The van der Waals surface area contributed by atoms with Crippen LogP contribution in [0.25, 0.3) is 0 Å². The zero-order chi connectivity index (χ0) is 30.3. The monoisotopic (exact) mass is 561 g/mol. The average molecular weight is 562 g/mol. The summed E-state index contributed by atoms with van der Waals surface area (Å²) in [7, 11) is 0. The van der Waals surface area contributed by atoms with Crippen molar-refractivity contribution in [1.82, 2.24) is 10.6 Å². The molecule has 3 rings (SSSR count). The third kappa shape index (κ3) is 14.7. The van der Waals surface area contributed by atoms with E-state index in [1.54, 1.807) is 32.9 Å². The molecule has 1 saturated heterocycles. The van der Waals surface area contributed by atoms with Crippen molar-refractivity contribution in [2.75, 3.05) is 6.54 Å². The maximum atomic E-state index is 11.6. The molecule has 2 aromatic carbocycles. The molecule has 220 valence electrons. The second kappa shape index (κ2) is 16.7. The highest BCUT2D eigenvalue weighted by Gasteiger charge is 2.24. The molecule has 3 atom stereocenters. The zero-order valence-electron chi connectivity index (χ0n) is 22.9. The van der Waals surface area contributed by atoms with Crippen molar-refractivity contribution in [1.29, 1.82) is 0 Å². The van der Waals surface area contributed by atoms with Crippen LogP contribution in [0.2, 0.25) is 0 Å². The topological polar surface area (TPSA) is 209 Å². The normalized spacial score (nSPS) is 15.7. The van der Waals surface area contributed by atoms with Gasteiger partial charge in [-0.2, -0.15) is 0 Å². The number of amides is 1. The summed E-state index contributed by atoms with van der Waals surface area (Å²) in [6, 6.07) is 13.3. The number of ether oxygens (including phenoxy) is 1. The number of carbonyl (C=O) groups excluding carboxylic acids is 1. The van der Waals surface area contributed by atoms with Gasteiger partial charge >= 0.3 is 24.0 Å². The van der Waals surface area contributed by atoms with Gasteiger partial charge in [0.1, 0.15) is 29.5 Å². The number of benzene rings is 2. The summed E-state index contributed by atoms with van der Waals surface area (Å²) in [5.74, 6) is -2.73. The van der Waals surface area contributed by atoms with Gasteiger partial charge < -0.3 is 41.5 Å². The van der Waals surface area contributed by atoms with Crippen LogP contribution >= 0.6 is 0 Å². The molecule has 0 radical (unpaired) electrons. The number of aromatic hydroxyl groups is 1. The van der Waals surface area contributed by atoms with Crippen molar-refractivity contribution in [3.05, 3.63) is 65.7 Å². The summed E-state index contributed by atoms with van der Waals surface area (Å²) in [6.45, 7) is 5.95.